The summed E-state index contributed by atoms with van der Waals surface area (Å²) in [6, 6.07) is 14.1. The SMILES string of the molecule is C=CCc1cc(/C=C2\C(=O)NC(=O)N(Cc3ccco3)C2=O)cc(OCC)c1OCc1ccc(C)cc1. The van der Waals surface area contributed by atoms with E-state index in [1.807, 2.05) is 44.2 Å². The maximum absolute atomic E-state index is 13.1. The third kappa shape index (κ3) is 5.98. The number of allylic oxidation sites excluding steroid dienone is 1. The van der Waals surface area contributed by atoms with Crippen molar-refractivity contribution in [2.75, 3.05) is 6.61 Å². The number of amides is 4. The first-order valence-corrected chi connectivity index (χ1v) is 11.9. The Hall–Kier alpha value is -4.59. The summed E-state index contributed by atoms with van der Waals surface area (Å²) in [4.78, 5) is 39.0. The molecule has 0 aliphatic carbocycles. The van der Waals surface area contributed by atoms with Crippen molar-refractivity contribution in [3.05, 3.63) is 101 Å². The van der Waals surface area contributed by atoms with Crippen LogP contribution in [0.2, 0.25) is 0 Å². The molecule has 37 heavy (non-hydrogen) atoms. The molecule has 1 aliphatic rings. The average Bonchev–Trinajstić information content (AvgIpc) is 3.39. The highest BCUT2D eigenvalue weighted by atomic mass is 16.5. The minimum absolute atomic E-state index is 0.0972. The third-order valence-electron chi connectivity index (χ3n) is 5.71. The zero-order chi connectivity index (χ0) is 26.4. The second kappa shape index (κ2) is 11.4. The molecular formula is C29H28N2O6. The van der Waals surface area contributed by atoms with E-state index < -0.39 is 17.8 Å². The van der Waals surface area contributed by atoms with Gasteiger partial charge in [0.1, 0.15) is 17.9 Å². The fourth-order valence-corrected chi connectivity index (χ4v) is 3.90. The number of carbonyl (C=O) groups is 3. The number of urea groups is 1. The second-order valence-electron chi connectivity index (χ2n) is 8.50. The van der Waals surface area contributed by atoms with Crippen molar-refractivity contribution in [1.82, 2.24) is 10.2 Å². The molecule has 4 rings (SSSR count). The van der Waals surface area contributed by atoms with E-state index in [1.165, 1.54) is 12.3 Å². The number of nitrogens with zero attached hydrogens (tertiary/aromatic N) is 1. The van der Waals surface area contributed by atoms with Crippen molar-refractivity contribution in [1.29, 1.82) is 0 Å². The minimum Gasteiger partial charge on any atom is -0.490 e. The smallest absolute Gasteiger partial charge is 0.331 e. The van der Waals surface area contributed by atoms with Crippen molar-refractivity contribution < 1.29 is 28.3 Å². The number of barbiturate groups is 1. The van der Waals surface area contributed by atoms with Crippen molar-refractivity contribution in [2.24, 2.45) is 0 Å². The van der Waals surface area contributed by atoms with Gasteiger partial charge in [-0.25, -0.2) is 4.79 Å². The van der Waals surface area contributed by atoms with E-state index in [0.717, 1.165) is 21.6 Å². The highest BCUT2D eigenvalue weighted by molar-refractivity contribution is 6.30. The number of rotatable bonds is 10. The molecule has 8 heteroatoms. The molecule has 0 spiro atoms. The Kier molecular flexibility index (Phi) is 7.88. The first-order valence-electron chi connectivity index (χ1n) is 11.9. The number of furan rings is 1. The molecule has 1 saturated heterocycles. The number of benzene rings is 2. The van der Waals surface area contributed by atoms with Crippen LogP contribution < -0.4 is 14.8 Å². The molecule has 1 N–H and O–H groups in total. The van der Waals surface area contributed by atoms with Crippen LogP contribution >= 0.6 is 0 Å². The van der Waals surface area contributed by atoms with E-state index >= 15 is 0 Å². The first-order chi connectivity index (χ1) is 17.9. The standard InChI is InChI=1S/C29H28N2O6/c1-4-7-22-14-21(16-25(35-5-2)26(22)37-18-20-11-9-19(3)10-12-20)15-24-27(32)30-29(34)31(28(24)33)17-23-8-6-13-36-23/h4,6,8-16H,1,5,7,17-18H2,2-3H3,(H,30,32,34)/b24-15+. The summed E-state index contributed by atoms with van der Waals surface area (Å²) in [5, 5.41) is 2.22. The van der Waals surface area contributed by atoms with E-state index in [-0.39, 0.29) is 12.1 Å². The molecule has 0 saturated carbocycles. The first kappa shape index (κ1) is 25.5. The van der Waals surface area contributed by atoms with Crippen LogP contribution in [0.1, 0.15) is 34.9 Å². The lowest BCUT2D eigenvalue weighted by Gasteiger charge is -2.25. The van der Waals surface area contributed by atoms with Crippen LogP contribution in [0.5, 0.6) is 11.5 Å². The van der Waals surface area contributed by atoms with E-state index in [4.69, 9.17) is 13.9 Å². The Morgan fingerprint density at radius 3 is 2.54 bits per heavy atom. The topological polar surface area (TPSA) is 98.1 Å². The Morgan fingerprint density at radius 2 is 1.86 bits per heavy atom. The number of nitrogens with one attached hydrogen (secondary N) is 1. The summed E-state index contributed by atoms with van der Waals surface area (Å²) in [6.45, 7) is 8.36. The lowest BCUT2D eigenvalue weighted by atomic mass is 10.0. The minimum atomic E-state index is -0.800. The summed E-state index contributed by atoms with van der Waals surface area (Å²) < 4.78 is 17.3. The molecule has 190 valence electrons. The molecule has 0 bridgehead atoms. The predicted octanol–water partition coefficient (Wildman–Crippen LogP) is 4.96. The molecule has 1 aromatic heterocycles. The maximum Gasteiger partial charge on any atom is 0.331 e. The molecule has 8 nitrogen and oxygen atoms in total. The Labute approximate surface area is 215 Å². The van der Waals surface area contributed by atoms with Crippen LogP contribution in [0.4, 0.5) is 4.79 Å². The number of carbonyl (C=O) groups excluding carboxylic acids is 3. The van der Waals surface area contributed by atoms with Gasteiger partial charge in [0.05, 0.1) is 19.4 Å². The number of ether oxygens (including phenoxy) is 2. The zero-order valence-electron chi connectivity index (χ0n) is 20.8. The molecule has 1 fully saturated rings. The highest BCUT2D eigenvalue weighted by Crippen LogP contribution is 2.35. The van der Waals surface area contributed by atoms with Gasteiger partial charge in [-0.1, -0.05) is 35.9 Å². The lowest BCUT2D eigenvalue weighted by Crippen LogP contribution is -2.53. The Balaban J connectivity index is 1.67. The number of aryl methyl sites for hydroxylation is 1. The molecule has 2 aromatic carbocycles. The summed E-state index contributed by atoms with van der Waals surface area (Å²) in [5.41, 5.74) is 3.33. The summed E-state index contributed by atoms with van der Waals surface area (Å²) >= 11 is 0. The van der Waals surface area contributed by atoms with Crippen molar-refractivity contribution in [2.45, 2.75) is 33.4 Å². The van der Waals surface area contributed by atoms with Crippen LogP contribution in [0.3, 0.4) is 0 Å². The number of imide groups is 2. The van der Waals surface area contributed by atoms with Crippen LogP contribution in [-0.2, 0) is 29.2 Å². The van der Waals surface area contributed by atoms with Gasteiger partial charge in [-0.3, -0.25) is 19.8 Å². The molecule has 0 atom stereocenters. The molecule has 4 amide bonds. The lowest BCUT2D eigenvalue weighted by molar-refractivity contribution is -0.130. The van der Waals surface area contributed by atoms with E-state index in [1.54, 1.807) is 24.3 Å². The van der Waals surface area contributed by atoms with Gasteiger partial charge in [0.2, 0.25) is 0 Å². The fourth-order valence-electron chi connectivity index (χ4n) is 3.90. The number of hydrogen-bond acceptors (Lipinski definition) is 6. The average molecular weight is 501 g/mol. The largest absolute Gasteiger partial charge is 0.490 e. The molecule has 2 heterocycles. The van der Waals surface area contributed by atoms with Crippen LogP contribution in [0.25, 0.3) is 6.08 Å². The quantitative estimate of drug-likeness (QED) is 0.240. The summed E-state index contributed by atoms with van der Waals surface area (Å²) in [5.74, 6) is -0.0209. The van der Waals surface area contributed by atoms with Gasteiger partial charge in [0, 0.05) is 5.56 Å². The molecule has 1 aliphatic heterocycles. The fraction of sp³-hybridized carbons (Fsp3) is 0.207. The number of hydrogen-bond donors (Lipinski definition) is 1. The molecule has 0 radical (unpaired) electrons. The van der Waals surface area contributed by atoms with Gasteiger partial charge in [0.15, 0.2) is 11.5 Å². The summed E-state index contributed by atoms with van der Waals surface area (Å²) in [6.07, 6.45) is 5.10. The maximum atomic E-state index is 13.1. The second-order valence-corrected chi connectivity index (χ2v) is 8.50. The molecule has 3 aromatic rings. The monoisotopic (exact) mass is 500 g/mol. The van der Waals surface area contributed by atoms with Gasteiger partial charge < -0.3 is 13.9 Å². The third-order valence-corrected chi connectivity index (χ3v) is 5.71. The van der Waals surface area contributed by atoms with E-state index in [9.17, 15) is 14.4 Å². The van der Waals surface area contributed by atoms with Crippen molar-refractivity contribution in [3.63, 3.8) is 0 Å². The van der Waals surface area contributed by atoms with Gasteiger partial charge in [0.25, 0.3) is 11.8 Å². The summed E-state index contributed by atoms with van der Waals surface area (Å²) in [7, 11) is 0. The Morgan fingerprint density at radius 1 is 1.08 bits per heavy atom. The van der Waals surface area contributed by atoms with Gasteiger partial charge in [-0.05, 0) is 61.7 Å². The Bertz CT molecular complexity index is 1340. The highest BCUT2D eigenvalue weighted by Gasteiger charge is 2.36. The van der Waals surface area contributed by atoms with Crippen LogP contribution in [-0.4, -0.2) is 29.4 Å². The van der Waals surface area contributed by atoms with Crippen LogP contribution in [0.15, 0.2) is 77.4 Å². The normalized spacial score (nSPS) is 14.6. The van der Waals surface area contributed by atoms with Crippen molar-refractivity contribution >= 4 is 23.9 Å². The predicted molar refractivity (Wildman–Crippen MR) is 138 cm³/mol. The van der Waals surface area contributed by atoms with Gasteiger partial charge >= 0.3 is 6.03 Å². The van der Waals surface area contributed by atoms with Gasteiger partial charge in [-0.15, -0.1) is 6.58 Å². The molecule has 0 unspecified atom stereocenters. The van der Waals surface area contributed by atoms with E-state index in [0.29, 0.717) is 42.5 Å². The molecular weight excluding hydrogens is 472 g/mol. The van der Waals surface area contributed by atoms with E-state index in [2.05, 4.69) is 11.9 Å². The zero-order valence-corrected chi connectivity index (χ0v) is 20.8. The van der Waals surface area contributed by atoms with Crippen LogP contribution in [0, 0.1) is 6.92 Å². The van der Waals surface area contributed by atoms with Crippen molar-refractivity contribution in [3.8, 4) is 11.5 Å². The van der Waals surface area contributed by atoms with Gasteiger partial charge in [-0.2, -0.15) is 0 Å².